The zero-order valence-corrected chi connectivity index (χ0v) is 18.1. The van der Waals surface area contributed by atoms with E-state index in [4.69, 9.17) is 0 Å². The number of carbonyl (C=O) groups is 1. The fourth-order valence-corrected chi connectivity index (χ4v) is 5.43. The third-order valence-electron chi connectivity index (χ3n) is 6.32. The summed E-state index contributed by atoms with van der Waals surface area (Å²) in [4.78, 5) is 14.4. The highest BCUT2D eigenvalue weighted by Gasteiger charge is 2.38. The van der Waals surface area contributed by atoms with Crippen LogP contribution in [0.3, 0.4) is 0 Å². The van der Waals surface area contributed by atoms with Crippen molar-refractivity contribution in [2.75, 3.05) is 31.2 Å². The van der Waals surface area contributed by atoms with Gasteiger partial charge < -0.3 is 10.2 Å². The third-order valence-corrected chi connectivity index (χ3v) is 8.15. The largest absolute Gasteiger partial charge is 0.376 e. The van der Waals surface area contributed by atoms with Gasteiger partial charge in [-0.05, 0) is 43.4 Å². The average Bonchev–Trinajstić information content (AvgIpc) is 2.76. The number of carbonyl (C=O) groups excluding carboxylic acids is 1. The van der Waals surface area contributed by atoms with E-state index in [-0.39, 0.29) is 18.2 Å². The van der Waals surface area contributed by atoms with Crippen LogP contribution >= 0.6 is 0 Å². The van der Waals surface area contributed by atoms with Gasteiger partial charge in [-0.15, -0.1) is 0 Å². The van der Waals surface area contributed by atoms with Crippen LogP contribution in [0.2, 0.25) is 0 Å². The normalized spacial score (nSPS) is 19.1. The van der Waals surface area contributed by atoms with Crippen molar-refractivity contribution in [2.24, 2.45) is 0 Å². The second kappa shape index (κ2) is 8.72. The van der Waals surface area contributed by atoms with Gasteiger partial charge in [-0.25, -0.2) is 8.42 Å². The smallest absolute Gasteiger partial charge is 0.242 e. The lowest BCUT2D eigenvalue weighted by atomic mass is 9.81. The lowest BCUT2D eigenvalue weighted by molar-refractivity contribution is -0.132. The van der Waals surface area contributed by atoms with E-state index in [1.807, 2.05) is 18.2 Å². The molecule has 1 aromatic rings. The van der Waals surface area contributed by atoms with Crippen LogP contribution in [0.25, 0.3) is 0 Å². The van der Waals surface area contributed by atoms with E-state index in [1.165, 1.54) is 4.31 Å². The van der Waals surface area contributed by atoms with Gasteiger partial charge in [0, 0.05) is 25.8 Å². The SMILES string of the molecule is CCS(=O)(=O)N1CCc2c(cccc2NCC(=O)N(C)C2(C#N)CCCCC2)C1. The molecule has 8 heteroatoms. The average molecular weight is 419 g/mol. The quantitative estimate of drug-likeness (QED) is 0.766. The molecule has 158 valence electrons. The summed E-state index contributed by atoms with van der Waals surface area (Å²) in [6.07, 6.45) is 5.14. The molecule has 3 rings (SSSR count). The highest BCUT2D eigenvalue weighted by molar-refractivity contribution is 7.89. The summed E-state index contributed by atoms with van der Waals surface area (Å²) < 4.78 is 25.9. The van der Waals surface area contributed by atoms with Gasteiger partial charge in [0.25, 0.3) is 0 Å². The zero-order chi connectivity index (χ0) is 21.1. The maximum Gasteiger partial charge on any atom is 0.242 e. The lowest BCUT2D eigenvalue weighted by Gasteiger charge is -2.39. The van der Waals surface area contributed by atoms with E-state index in [1.54, 1.807) is 18.9 Å². The second-order valence-electron chi connectivity index (χ2n) is 7.94. The van der Waals surface area contributed by atoms with E-state index in [9.17, 15) is 18.5 Å². The van der Waals surface area contributed by atoms with Crippen LogP contribution in [-0.4, -0.2) is 55.0 Å². The van der Waals surface area contributed by atoms with Crippen LogP contribution in [0.5, 0.6) is 0 Å². The fraction of sp³-hybridized carbons (Fsp3) is 0.619. The highest BCUT2D eigenvalue weighted by atomic mass is 32.2. The first-order valence-electron chi connectivity index (χ1n) is 10.3. The molecular formula is C21H30N4O3S. The number of anilines is 1. The number of hydrogen-bond donors (Lipinski definition) is 1. The van der Waals surface area contributed by atoms with E-state index in [2.05, 4.69) is 11.4 Å². The van der Waals surface area contributed by atoms with E-state index >= 15 is 0 Å². The van der Waals surface area contributed by atoms with Gasteiger partial charge in [-0.1, -0.05) is 31.4 Å². The van der Waals surface area contributed by atoms with E-state index in [0.717, 1.165) is 48.9 Å². The summed E-state index contributed by atoms with van der Waals surface area (Å²) >= 11 is 0. The van der Waals surface area contributed by atoms with Crippen molar-refractivity contribution in [3.8, 4) is 6.07 Å². The Balaban J connectivity index is 1.69. The summed E-state index contributed by atoms with van der Waals surface area (Å²) in [6, 6.07) is 8.14. The Labute approximate surface area is 173 Å². The van der Waals surface area contributed by atoms with Gasteiger partial charge in [-0.3, -0.25) is 4.79 Å². The molecule has 0 radical (unpaired) electrons. The van der Waals surface area contributed by atoms with Crippen molar-refractivity contribution in [3.63, 3.8) is 0 Å². The Bertz CT molecular complexity index is 901. The van der Waals surface area contributed by atoms with Crippen molar-refractivity contribution in [2.45, 2.75) is 57.5 Å². The molecule has 0 spiro atoms. The van der Waals surface area contributed by atoms with Crippen molar-refractivity contribution < 1.29 is 13.2 Å². The molecule has 1 heterocycles. The first-order valence-corrected chi connectivity index (χ1v) is 11.9. The fourth-order valence-electron chi connectivity index (χ4n) is 4.36. The minimum Gasteiger partial charge on any atom is -0.376 e. The first-order chi connectivity index (χ1) is 13.8. The molecule has 1 saturated carbocycles. The number of nitriles is 1. The molecule has 1 aromatic carbocycles. The van der Waals surface area contributed by atoms with Gasteiger partial charge in [0.1, 0.15) is 5.54 Å². The van der Waals surface area contributed by atoms with Gasteiger partial charge in [-0.2, -0.15) is 9.57 Å². The highest BCUT2D eigenvalue weighted by Crippen LogP contribution is 2.33. The molecule has 7 nitrogen and oxygen atoms in total. The van der Waals surface area contributed by atoms with Gasteiger partial charge in [0.05, 0.1) is 18.4 Å². The molecule has 0 saturated heterocycles. The van der Waals surface area contributed by atoms with Crippen LogP contribution in [-0.2, 0) is 27.8 Å². The Morgan fingerprint density at radius 3 is 2.69 bits per heavy atom. The standard InChI is InChI=1S/C21H30N4O3S/c1-3-29(27,28)25-13-10-18-17(15-25)8-7-9-19(18)23-14-20(26)24(2)21(16-22)11-5-4-6-12-21/h7-9,23H,3-6,10-15H2,1-2H3. The molecule has 1 aliphatic heterocycles. The summed E-state index contributed by atoms with van der Waals surface area (Å²) in [5, 5.41) is 12.9. The molecule has 0 unspecified atom stereocenters. The molecule has 1 amide bonds. The van der Waals surface area contributed by atoms with Crippen molar-refractivity contribution >= 4 is 21.6 Å². The number of nitrogens with one attached hydrogen (secondary N) is 1. The van der Waals surface area contributed by atoms with Crippen LogP contribution < -0.4 is 5.32 Å². The number of hydrogen-bond acceptors (Lipinski definition) is 5. The Morgan fingerprint density at radius 1 is 1.31 bits per heavy atom. The lowest BCUT2D eigenvalue weighted by Crippen LogP contribution is -2.51. The molecule has 2 aliphatic rings. The number of sulfonamides is 1. The molecule has 29 heavy (non-hydrogen) atoms. The van der Waals surface area contributed by atoms with Crippen LogP contribution in [0.1, 0.15) is 50.2 Å². The minimum absolute atomic E-state index is 0.0990. The van der Waals surface area contributed by atoms with E-state index in [0.29, 0.717) is 19.5 Å². The van der Waals surface area contributed by atoms with Crippen LogP contribution in [0.15, 0.2) is 18.2 Å². The van der Waals surface area contributed by atoms with Gasteiger partial charge >= 0.3 is 0 Å². The van der Waals surface area contributed by atoms with Crippen molar-refractivity contribution in [1.82, 2.24) is 9.21 Å². The molecule has 1 aliphatic carbocycles. The van der Waals surface area contributed by atoms with E-state index < -0.39 is 15.6 Å². The second-order valence-corrected chi connectivity index (χ2v) is 10.2. The van der Waals surface area contributed by atoms with Gasteiger partial charge in [0.15, 0.2) is 0 Å². The number of nitrogens with zero attached hydrogens (tertiary/aromatic N) is 3. The molecule has 0 atom stereocenters. The molecule has 0 aromatic heterocycles. The maximum absolute atomic E-state index is 12.8. The number of benzene rings is 1. The summed E-state index contributed by atoms with van der Waals surface area (Å²) in [5.41, 5.74) is 2.22. The van der Waals surface area contributed by atoms with Crippen molar-refractivity contribution in [1.29, 1.82) is 5.26 Å². The molecule has 1 N–H and O–H groups in total. The predicted molar refractivity (Wildman–Crippen MR) is 113 cm³/mol. The minimum atomic E-state index is -3.21. The molecule has 0 bridgehead atoms. The molecule has 1 fully saturated rings. The molecular weight excluding hydrogens is 388 g/mol. The van der Waals surface area contributed by atoms with Crippen LogP contribution in [0.4, 0.5) is 5.69 Å². The topological polar surface area (TPSA) is 93.5 Å². The summed E-state index contributed by atoms with van der Waals surface area (Å²) in [5.74, 6) is -0.000992. The zero-order valence-electron chi connectivity index (χ0n) is 17.3. The Morgan fingerprint density at radius 2 is 2.03 bits per heavy atom. The third kappa shape index (κ3) is 4.41. The Hall–Kier alpha value is -2.11. The number of amides is 1. The maximum atomic E-state index is 12.8. The van der Waals surface area contributed by atoms with Gasteiger partial charge in [0.2, 0.25) is 15.9 Å². The summed E-state index contributed by atoms with van der Waals surface area (Å²) in [6.45, 7) is 2.60. The number of fused-ring (bicyclic) bond motifs is 1. The Kier molecular flexibility index (Phi) is 6.49. The first kappa shape index (κ1) is 21.6. The predicted octanol–water partition coefficient (Wildman–Crippen LogP) is 2.49. The van der Waals surface area contributed by atoms with Crippen LogP contribution in [0, 0.1) is 11.3 Å². The monoisotopic (exact) mass is 418 g/mol. The van der Waals surface area contributed by atoms with Crippen molar-refractivity contribution in [3.05, 3.63) is 29.3 Å². The number of rotatable bonds is 6. The number of likely N-dealkylation sites (N-methyl/N-ethyl adjacent to an activating group) is 1. The summed E-state index contributed by atoms with van der Waals surface area (Å²) in [7, 11) is -1.49.